The average Bonchev–Trinajstić information content (AvgIpc) is 2.60. The second-order valence-electron chi connectivity index (χ2n) is 3.94. The Balaban J connectivity index is 2.00. The first kappa shape index (κ1) is 10.6. The van der Waals surface area contributed by atoms with E-state index in [1.165, 1.54) is 0 Å². The minimum Gasteiger partial charge on any atom is -0.314 e. The summed E-state index contributed by atoms with van der Waals surface area (Å²) in [7, 11) is 0. The minimum absolute atomic E-state index is 0.536. The van der Waals surface area contributed by atoms with E-state index in [-0.39, 0.29) is 0 Å². The molecule has 15 heavy (non-hydrogen) atoms. The van der Waals surface area contributed by atoms with Crippen molar-refractivity contribution in [2.75, 3.05) is 6.54 Å². The summed E-state index contributed by atoms with van der Waals surface area (Å²) in [6.07, 6.45) is 2.98. The molecule has 1 N–H and O–H groups in total. The first-order chi connectivity index (χ1) is 7.15. The van der Waals surface area contributed by atoms with Crippen molar-refractivity contribution < 1.29 is 0 Å². The first-order valence-corrected chi connectivity index (χ1v) is 6.02. The predicted molar refractivity (Wildman–Crippen MR) is 62.4 cm³/mol. The monoisotopic (exact) mass is 224 g/mol. The quantitative estimate of drug-likeness (QED) is 0.858. The van der Waals surface area contributed by atoms with Gasteiger partial charge >= 0.3 is 0 Å². The molecule has 0 aliphatic carbocycles. The van der Waals surface area contributed by atoms with Gasteiger partial charge in [-0.25, -0.2) is 9.50 Å². The molecular weight excluding hydrogens is 208 g/mol. The van der Waals surface area contributed by atoms with Gasteiger partial charge < -0.3 is 5.32 Å². The van der Waals surface area contributed by atoms with Gasteiger partial charge in [-0.1, -0.05) is 25.2 Å². The van der Waals surface area contributed by atoms with E-state index in [4.69, 9.17) is 0 Å². The van der Waals surface area contributed by atoms with Crippen LogP contribution in [0.2, 0.25) is 0 Å². The van der Waals surface area contributed by atoms with E-state index in [9.17, 15) is 0 Å². The highest BCUT2D eigenvalue weighted by Gasteiger charge is 2.05. The Kier molecular flexibility index (Phi) is 3.02. The Labute approximate surface area is 93.3 Å². The normalized spacial score (nSPS) is 11.7. The van der Waals surface area contributed by atoms with E-state index >= 15 is 0 Å². The first-order valence-electron chi connectivity index (χ1n) is 5.20. The second-order valence-corrected chi connectivity index (χ2v) is 5.10. The van der Waals surface area contributed by atoms with Crippen LogP contribution < -0.4 is 5.32 Å². The molecule has 4 nitrogen and oxygen atoms in total. The van der Waals surface area contributed by atoms with Gasteiger partial charge in [0, 0.05) is 19.0 Å². The molecule has 5 heteroatoms. The maximum absolute atomic E-state index is 4.51. The molecule has 0 bridgehead atoms. The lowest BCUT2D eigenvalue weighted by Gasteiger charge is -2.05. The van der Waals surface area contributed by atoms with Crippen molar-refractivity contribution >= 4 is 16.3 Å². The zero-order valence-electron chi connectivity index (χ0n) is 9.32. The maximum atomic E-state index is 4.51. The molecule has 2 aromatic rings. The highest BCUT2D eigenvalue weighted by Crippen LogP contribution is 2.13. The molecule has 0 amide bonds. The van der Waals surface area contributed by atoms with Crippen LogP contribution in [0.15, 0.2) is 6.20 Å². The van der Waals surface area contributed by atoms with Crippen molar-refractivity contribution in [2.24, 2.45) is 0 Å². The molecule has 0 aromatic carbocycles. The van der Waals surface area contributed by atoms with E-state index < -0.39 is 0 Å². The smallest absolute Gasteiger partial charge is 0.212 e. The zero-order valence-corrected chi connectivity index (χ0v) is 10.1. The maximum Gasteiger partial charge on any atom is 0.212 e. The molecule has 0 spiro atoms. The number of rotatable bonds is 4. The van der Waals surface area contributed by atoms with E-state index in [1.807, 2.05) is 17.6 Å². The van der Waals surface area contributed by atoms with E-state index in [2.05, 4.69) is 29.2 Å². The van der Waals surface area contributed by atoms with Crippen LogP contribution in [0.5, 0.6) is 0 Å². The van der Waals surface area contributed by atoms with E-state index in [0.29, 0.717) is 6.04 Å². The van der Waals surface area contributed by atoms with Crippen molar-refractivity contribution in [3.05, 3.63) is 16.9 Å². The van der Waals surface area contributed by atoms with Crippen molar-refractivity contribution in [2.45, 2.75) is 33.2 Å². The molecular formula is C10H16N4S. The second kappa shape index (κ2) is 4.28. The third kappa shape index (κ3) is 2.54. The number of aryl methyl sites for hydroxylation is 1. The van der Waals surface area contributed by atoms with Crippen LogP contribution in [0, 0.1) is 6.92 Å². The zero-order chi connectivity index (χ0) is 10.8. The molecule has 0 saturated carbocycles. The summed E-state index contributed by atoms with van der Waals surface area (Å²) in [6, 6.07) is 0.536. The summed E-state index contributed by atoms with van der Waals surface area (Å²) in [5, 5.41) is 8.76. The molecule has 0 radical (unpaired) electrons. The Bertz CT molecular complexity index is 412. The summed E-state index contributed by atoms with van der Waals surface area (Å²) >= 11 is 1.63. The Morgan fingerprint density at radius 2 is 2.33 bits per heavy atom. The van der Waals surface area contributed by atoms with Crippen LogP contribution in [-0.2, 0) is 6.42 Å². The number of imidazole rings is 1. The van der Waals surface area contributed by atoms with E-state index in [0.717, 1.165) is 28.6 Å². The van der Waals surface area contributed by atoms with Gasteiger partial charge in [0.05, 0.1) is 11.9 Å². The predicted octanol–water partition coefficient (Wildman–Crippen LogP) is 1.64. The number of hydrogen-bond donors (Lipinski definition) is 1. The van der Waals surface area contributed by atoms with Gasteiger partial charge in [-0.15, -0.1) is 0 Å². The van der Waals surface area contributed by atoms with Gasteiger partial charge in [0.1, 0.15) is 5.01 Å². The van der Waals surface area contributed by atoms with Crippen LogP contribution in [-0.4, -0.2) is 27.2 Å². The fourth-order valence-electron chi connectivity index (χ4n) is 1.45. The summed E-state index contributed by atoms with van der Waals surface area (Å²) in [4.78, 5) is 5.50. The molecule has 82 valence electrons. The molecule has 0 atom stereocenters. The summed E-state index contributed by atoms with van der Waals surface area (Å²) < 4.78 is 1.87. The van der Waals surface area contributed by atoms with Crippen molar-refractivity contribution in [3.8, 4) is 0 Å². The molecule has 0 fully saturated rings. The van der Waals surface area contributed by atoms with Crippen LogP contribution in [0.25, 0.3) is 4.96 Å². The topological polar surface area (TPSA) is 42.2 Å². The number of aromatic nitrogens is 3. The lowest BCUT2D eigenvalue weighted by Crippen LogP contribution is -2.25. The molecule has 0 aliphatic rings. The Morgan fingerprint density at radius 3 is 3.00 bits per heavy atom. The van der Waals surface area contributed by atoms with Gasteiger partial charge in [0.15, 0.2) is 0 Å². The van der Waals surface area contributed by atoms with E-state index in [1.54, 1.807) is 11.3 Å². The van der Waals surface area contributed by atoms with Gasteiger partial charge in [-0.05, 0) is 6.92 Å². The molecule has 2 aromatic heterocycles. The lowest BCUT2D eigenvalue weighted by atomic mass is 10.3. The fourth-order valence-corrected chi connectivity index (χ4v) is 2.20. The summed E-state index contributed by atoms with van der Waals surface area (Å²) in [6.45, 7) is 7.27. The number of nitrogens with one attached hydrogen (secondary N) is 1. The molecule has 2 heterocycles. The lowest BCUT2D eigenvalue weighted by molar-refractivity contribution is 0.588. The Hall–Kier alpha value is -0.940. The van der Waals surface area contributed by atoms with Crippen molar-refractivity contribution in [1.82, 2.24) is 19.9 Å². The van der Waals surface area contributed by atoms with Crippen LogP contribution in [0.4, 0.5) is 0 Å². The fraction of sp³-hybridized carbons (Fsp3) is 0.600. The number of fused-ring (bicyclic) bond motifs is 1. The summed E-state index contributed by atoms with van der Waals surface area (Å²) in [5.74, 6) is 0. The highest BCUT2D eigenvalue weighted by molar-refractivity contribution is 7.16. The standard InChI is InChI=1S/C10H16N4S/c1-7(2)11-5-4-9-6-14-10(12-9)15-8(3)13-14/h6-7,11H,4-5H2,1-3H3. The van der Waals surface area contributed by atoms with Crippen LogP contribution in [0.3, 0.4) is 0 Å². The molecule has 0 unspecified atom stereocenters. The third-order valence-corrected chi connectivity index (χ3v) is 2.97. The van der Waals surface area contributed by atoms with Crippen molar-refractivity contribution in [3.63, 3.8) is 0 Å². The number of nitrogens with zero attached hydrogens (tertiary/aromatic N) is 3. The van der Waals surface area contributed by atoms with Crippen LogP contribution >= 0.6 is 11.3 Å². The van der Waals surface area contributed by atoms with Gasteiger partial charge in [-0.3, -0.25) is 0 Å². The minimum atomic E-state index is 0.536. The highest BCUT2D eigenvalue weighted by atomic mass is 32.1. The van der Waals surface area contributed by atoms with Crippen molar-refractivity contribution in [1.29, 1.82) is 0 Å². The Morgan fingerprint density at radius 1 is 1.53 bits per heavy atom. The third-order valence-electron chi connectivity index (χ3n) is 2.13. The van der Waals surface area contributed by atoms with Crippen LogP contribution in [0.1, 0.15) is 24.5 Å². The molecule has 2 rings (SSSR count). The van der Waals surface area contributed by atoms with Gasteiger partial charge in [-0.2, -0.15) is 5.10 Å². The summed E-state index contributed by atoms with van der Waals surface area (Å²) in [5.41, 5.74) is 1.11. The SMILES string of the molecule is Cc1nn2cc(CCNC(C)C)nc2s1. The molecule has 0 saturated heterocycles. The number of hydrogen-bond acceptors (Lipinski definition) is 4. The largest absolute Gasteiger partial charge is 0.314 e. The van der Waals surface area contributed by atoms with Gasteiger partial charge in [0.25, 0.3) is 0 Å². The molecule has 0 aliphatic heterocycles. The average molecular weight is 224 g/mol. The van der Waals surface area contributed by atoms with Gasteiger partial charge in [0.2, 0.25) is 4.96 Å².